The van der Waals surface area contributed by atoms with Crippen LogP contribution < -0.4 is 17.0 Å². The Morgan fingerprint density at radius 3 is 2.74 bits per heavy atom. The van der Waals surface area contributed by atoms with Gasteiger partial charge in [-0.1, -0.05) is 0 Å². The first kappa shape index (κ1) is 28.8. The van der Waals surface area contributed by atoms with Crippen molar-refractivity contribution in [3.63, 3.8) is 0 Å². The zero-order valence-electron chi connectivity index (χ0n) is 21.1. The van der Waals surface area contributed by atoms with E-state index in [-0.39, 0.29) is 34.1 Å². The number of aliphatic hydroxyl groups is 2. The van der Waals surface area contributed by atoms with Crippen molar-refractivity contribution in [3.8, 4) is 0 Å². The largest absolute Gasteiger partial charge is 0.394 e. The van der Waals surface area contributed by atoms with Crippen molar-refractivity contribution in [1.82, 2.24) is 39.0 Å². The summed E-state index contributed by atoms with van der Waals surface area (Å²) >= 11 is 5.06. The number of hydrogen-bond acceptors (Lipinski definition) is 15. The van der Waals surface area contributed by atoms with Crippen molar-refractivity contribution in [3.05, 3.63) is 29.3 Å². The Hall–Kier alpha value is -3.27. The lowest BCUT2D eigenvalue weighted by Gasteiger charge is -2.27. The van der Waals surface area contributed by atoms with Crippen LogP contribution in [0.3, 0.4) is 0 Å². The topological polar surface area (TPSA) is 257 Å². The van der Waals surface area contributed by atoms with Gasteiger partial charge in [0, 0.05) is 0 Å². The number of aromatic nitrogens is 8. The number of aliphatic hydroxyl groups excluding tert-OH is 2. The van der Waals surface area contributed by atoms with Gasteiger partial charge >= 0.3 is 6.72 Å². The maximum absolute atomic E-state index is 16.0. The molecular weight excluding hydrogens is 609 g/mol. The first-order valence-corrected chi connectivity index (χ1v) is 14.7. The fraction of sp³-hybridized carbons (Fsp3) is 0.500. The molecule has 2 fully saturated rings. The Balaban J connectivity index is 1.19. The average Bonchev–Trinajstić information content (AvgIpc) is 3.70. The smallest absolute Gasteiger partial charge is 0.325 e. The number of alkyl halides is 2. The number of ether oxygens (including phenoxy) is 2. The highest BCUT2D eigenvalue weighted by Crippen LogP contribution is 2.51. The third-order valence-corrected chi connectivity index (χ3v) is 8.45. The summed E-state index contributed by atoms with van der Waals surface area (Å²) in [4.78, 5) is 44.9. The molecule has 4 aromatic rings. The van der Waals surface area contributed by atoms with E-state index in [9.17, 15) is 19.9 Å². The van der Waals surface area contributed by atoms with Gasteiger partial charge in [0.05, 0.1) is 25.9 Å². The van der Waals surface area contributed by atoms with Crippen LogP contribution in [-0.4, -0.2) is 105 Å². The van der Waals surface area contributed by atoms with E-state index in [4.69, 9.17) is 41.8 Å². The number of hydrogen-bond donors (Lipinski definition) is 6. The molecule has 2 unspecified atom stereocenters. The Morgan fingerprint density at radius 1 is 1.21 bits per heavy atom. The monoisotopic (exact) mass is 632 g/mol. The van der Waals surface area contributed by atoms with E-state index in [1.54, 1.807) is 0 Å². The summed E-state index contributed by atoms with van der Waals surface area (Å²) < 4.78 is 55.1. The van der Waals surface area contributed by atoms with E-state index in [0.717, 1.165) is 28.1 Å². The van der Waals surface area contributed by atoms with Gasteiger partial charge in [-0.15, -0.1) is 0 Å². The number of anilines is 2. The third kappa shape index (κ3) is 4.71. The first-order valence-electron chi connectivity index (χ1n) is 12.1. The predicted octanol–water partition coefficient (Wildman–Crippen LogP) is -1.65. The quantitative estimate of drug-likeness (QED) is 0.119. The van der Waals surface area contributed by atoms with Crippen LogP contribution in [0.4, 0.5) is 20.5 Å². The number of imidazole rings is 2. The lowest BCUT2D eigenvalue weighted by atomic mass is 10.1. The van der Waals surface area contributed by atoms with Crippen molar-refractivity contribution < 1.29 is 42.4 Å². The number of nitrogen functional groups attached to an aromatic ring is 2. The van der Waals surface area contributed by atoms with Gasteiger partial charge in [-0.25, -0.2) is 28.7 Å². The number of rotatable bonds is 8. The predicted molar refractivity (Wildman–Crippen MR) is 140 cm³/mol. The molecule has 226 valence electrons. The maximum atomic E-state index is 16.0. The van der Waals surface area contributed by atoms with Crippen LogP contribution in [0.5, 0.6) is 0 Å². The highest BCUT2D eigenvalue weighted by Gasteiger charge is 2.54. The number of halogens is 2. The van der Waals surface area contributed by atoms with Crippen LogP contribution in [0, 0.1) is 0 Å². The molecule has 2 aliphatic rings. The molecule has 0 amide bonds. The molecule has 18 nitrogen and oxygen atoms in total. The summed E-state index contributed by atoms with van der Waals surface area (Å²) in [5, 5.41) is 20.4. The van der Waals surface area contributed by atoms with Crippen LogP contribution >= 0.6 is 6.72 Å². The van der Waals surface area contributed by atoms with E-state index < -0.39 is 74.7 Å². The van der Waals surface area contributed by atoms with E-state index in [1.165, 1.54) is 0 Å². The second-order valence-corrected chi connectivity index (χ2v) is 12.3. The molecule has 22 heteroatoms. The SMILES string of the molecule is Nc1nc2c(ncn2[C@@H]2O[C@H](CO)[C@@H](F)[C@H]2OP(O)(=S)OC[C@H]2OCC(F)(n3cnc4c(N)ncnc43)[C@@H]2O)c(=O)[nH]1. The Labute approximate surface area is 237 Å². The van der Waals surface area contributed by atoms with Crippen LogP contribution in [0.15, 0.2) is 23.8 Å². The van der Waals surface area contributed by atoms with E-state index in [0.29, 0.717) is 0 Å². The molecule has 0 spiro atoms. The van der Waals surface area contributed by atoms with Crippen molar-refractivity contribution in [2.45, 2.75) is 42.6 Å². The summed E-state index contributed by atoms with van der Waals surface area (Å²) in [7, 11) is 0. The van der Waals surface area contributed by atoms with Crippen molar-refractivity contribution >= 4 is 52.6 Å². The molecule has 0 bridgehead atoms. The zero-order chi connectivity index (χ0) is 30.0. The van der Waals surface area contributed by atoms with E-state index >= 15 is 8.78 Å². The van der Waals surface area contributed by atoms with Gasteiger partial charge in [0.25, 0.3) is 5.56 Å². The lowest BCUT2D eigenvalue weighted by Crippen LogP contribution is -2.43. The first-order chi connectivity index (χ1) is 19.9. The maximum Gasteiger partial charge on any atom is 0.325 e. The number of H-pyrrole nitrogens is 1. The highest BCUT2D eigenvalue weighted by atomic mass is 32.5. The standard InChI is InChI=1S/C20H23F2N10O8PS/c21-9-7(1-33)39-18(31-5-27-11-16(31)29-19(24)30-17(11)35)12(9)40-41(36,42)38-2-8-13(34)20(22,3-37-8)32-6-28-10-14(23)25-4-26-15(10)32/h4-9,12-13,18,33-34H,1-3H2,(H,36,42)(H2,23,25,26)(H3,24,29,30,35)/t7-,8-,9-,12-,13-,18-,20?,41?/m1/s1. The lowest BCUT2D eigenvalue weighted by molar-refractivity contribution is -0.0530. The van der Waals surface area contributed by atoms with Gasteiger partial charge in [-0.2, -0.15) is 4.98 Å². The second-order valence-electron chi connectivity index (χ2n) is 9.46. The molecule has 2 saturated heterocycles. The van der Waals surface area contributed by atoms with Gasteiger partial charge in [-0.05, 0) is 11.8 Å². The number of nitrogens with two attached hydrogens (primary N) is 2. The Kier molecular flexibility index (Phi) is 7.19. The molecule has 0 aromatic carbocycles. The molecule has 8 N–H and O–H groups in total. The minimum atomic E-state index is -4.35. The zero-order valence-corrected chi connectivity index (χ0v) is 22.8. The van der Waals surface area contributed by atoms with Crippen LogP contribution in [-0.2, 0) is 36.1 Å². The Morgan fingerprint density at radius 2 is 1.98 bits per heavy atom. The van der Waals surface area contributed by atoms with Gasteiger partial charge in [0.15, 0.2) is 35.0 Å². The summed E-state index contributed by atoms with van der Waals surface area (Å²) in [6, 6.07) is 0. The molecule has 6 heterocycles. The number of fused-ring (bicyclic) bond motifs is 2. The van der Waals surface area contributed by atoms with E-state index in [2.05, 4.69) is 29.9 Å². The molecule has 6 rings (SSSR count). The van der Waals surface area contributed by atoms with Crippen molar-refractivity contribution in [1.29, 1.82) is 0 Å². The van der Waals surface area contributed by atoms with Crippen molar-refractivity contribution in [2.24, 2.45) is 0 Å². The second kappa shape index (κ2) is 10.5. The molecular formula is C20H23F2N10O8PS. The summed E-state index contributed by atoms with van der Waals surface area (Å²) in [6.07, 6.45) is -6.47. The molecule has 42 heavy (non-hydrogen) atoms. The molecule has 0 saturated carbocycles. The van der Waals surface area contributed by atoms with Gasteiger partial charge < -0.3 is 40.6 Å². The molecule has 4 aromatic heterocycles. The highest BCUT2D eigenvalue weighted by molar-refractivity contribution is 8.07. The van der Waals surface area contributed by atoms with Crippen LogP contribution in [0.25, 0.3) is 22.3 Å². The normalized spacial score (nSPS) is 31.3. The van der Waals surface area contributed by atoms with Gasteiger partial charge in [0.2, 0.25) is 11.7 Å². The third-order valence-electron chi connectivity index (χ3n) is 6.89. The van der Waals surface area contributed by atoms with Crippen LogP contribution in [0.1, 0.15) is 6.23 Å². The minimum absolute atomic E-state index is 0.00676. The number of nitrogens with one attached hydrogen (secondary N) is 1. The minimum Gasteiger partial charge on any atom is -0.394 e. The average molecular weight is 633 g/mol. The molecule has 2 aliphatic heterocycles. The molecule has 8 atom stereocenters. The van der Waals surface area contributed by atoms with Crippen molar-refractivity contribution in [2.75, 3.05) is 31.3 Å². The van der Waals surface area contributed by atoms with Crippen LogP contribution in [0.2, 0.25) is 0 Å². The van der Waals surface area contributed by atoms with Gasteiger partial charge in [-0.3, -0.25) is 23.4 Å². The number of nitrogens with zero attached hydrogens (tertiary/aromatic N) is 7. The summed E-state index contributed by atoms with van der Waals surface area (Å²) in [6.45, 7) is -6.43. The van der Waals surface area contributed by atoms with E-state index in [1.807, 2.05) is 0 Å². The summed E-state index contributed by atoms with van der Waals surface area (Å²) in [5.74, 6) is -2.80. The molecule has 0 radical (unpaired) electrons. The summed E-state index contributed by atoms with van der Waals surface area (Å²) in [5.41, 5.74) is 10.6. The fourth-order valence-corrected chi connectivity index (χ4v) is 6.23. The Bertz CT molecular complexity index is 1760. The van der Waals surface area contributed by atoms with Gasteiger partial charge in [0.1, 0.15) is 42.9 Å². The molecule has 0 aliphatic carbocycles. The number of aromatic amines is 1. The fourth-order valence-electron chi connectivity index (χ4n) is 4.82.